The average molecular weight is 446 g/mol. The van der Waals surface area contributed by atoms with Crippen LogP contribution in [0, 0.1) is 0 Å². The zero-order valence-electron chi connectivity index (χ0n) is 15.5. The number of carbonyl (C=O) groups excluding carboxylic acids is 2. The maximum atomic E-state index is 13.8. The molecule has 0 fully saturated rings. The Bertz CT molecular complexity index is 1140. The van der Waals surface area contributed by atoms with Crippen LogP contribution in [-0.4, -0.2) is 29.6 Å². The molecule has 0 saturated heterocycles. The van der Waals surface area contributed by atoms with Crippen molar-refractivity contribution < 1.29 is 45.1 Å². The number of hydrogen-bond acceptors (Lipinski definition) is 5. The number of nitrogens with one attached hydrogen (secondary N) is 1. The van der Waals surface area contributed by atoms with Gasteiger partial charge in [0.05, 0.1) is 23.3 Å². The molecule has 0 aliphatic rings. The Labute approximate surface area is 169 Å². The number of furan rings is 1. The first-order valence-corrected chi connectivity index (χ1v) is 8.59. The average Bonchev–Trinajstić information content (AvgIpc) is 3.05. The molecule has 1 N–H and O–H groups in total. The van der Waals surface area contributed by atoms with Gasteiger partial charge in [-0.25, -0.2) is 9.78 Å². The Hall–Kier alpha value is -3.57. The number of benzene rings is 1. The summed E-state index contributed by atoms with van der Waals surface area (Å²) in [6, 6.07) is 8.19. The highest BCUT2D eigenvalue weighted by Crippen LogP contribution is 2.43. The summed E-state index contributed by atoms with van der Waals surface area (Å²) in [5.74, 6) is -5.01. The Balaban J connectivity index is 2.34. The lowest BCUT2D eigenvalue weighted by molar-refractivity contribution is -0.167. The number of anilines is 1. The first kappa shape index (κ1) is 22.1. The summed E-state index contributed by atoms with van der Waals surface area (Å²) in [7, 11) is 0. The second-order valence-corrected chi connectivity index (χ2v) is 6.08. The fraction of sp³-hybridized carbons (Fsp3) is 0.211. The minimum atomic E-state index is -5.44. The molecule has 6 nitrogen and oxygen atoms in total. The number of fused-ring (bicyclic) bond motifs is 1. The molecule has 1 aromatic carbocycles. The summed E-state index contributed by atoms with van der Waals surface area (Å²) in [6.45, 7) is 1.11. The van der Waals surface area contributed by atoms with E-state index >= 15 is 0 Å². The Morgan fingerprint density at radius 1 is 1.10 bits per heavy atom. The molecular weight excluding hydrogens is 434 g/mol. The predicted octanol–water partition coefficient (Wildman–Crippen LogP) is 5.19. The maximum absolute atomic E-state index is 13.8. The van der Waals surface area contributed by atoms with Gasteiger partial charge in [-0.05, 0) is 13.0 Å². The number of aromatic nitrogens is 1. The lowest BCUT2D eigenvalue weighted by Crippen LogP contribution is -2.30. The van der Waals surface area contributed by atoms with Gasteiger partial charge in [-0.15, -0.1) is 0 Å². The van der Waals surface area contributed by atoms with Crippen molar-refractivity contribution in [3.63, 3.8) is 0 Å². The van der Waals surface area contributed by atoms with E-state index in [2.05, 4.69) is 9.72 Å². The van der Waals surface area contributed by atoms with Gasteiger partial charge in [-0.2, -0.15) is 26.3 Å². The molecule has 2 heterocycles. The minimum Gasteiger partial charge on any atom is -0.460 e. The largest absolute Gasteiger partial charge is 0.471 e. The zero-order valence-corrected chi connectivity index (χ0v) is 15.5. The van der Waals surface area contributed by atoms with Crippen molar-refractivity contribution in [1.82, 2.24) is 4.98 Å². The van der Waals surface area contributed by atoms with E-state index < -0.39 is 52.3 Å². The van der Waals surface area contributed by atoms with Crippen LogP contribution in [-0.2, 0) is 15.7 Å². The summed E-state index contributed by atoms with van der Waals surface area (Å²) < 4.78 is 89.3. The number of ether oxygens (including phenoxy) is 1. The second-order valence-electron chi connectivity index (χ2n) is 6.08. The molecule has 164 valence electrons. The fourth-order valence-corrected chi connectivity index (χ4v) is 2.72. The van der Waals surface area contributed by atoms with E-state index in [1.807, 2.05) is 0 Å². The number of amides is 1. The summed E-state index contributed by atoms with van der Waals surface area (Å²) in [5.41, 5.74) is -3.33. The van der Waals surface area contributed by atoms with Crippen LogP contribution in [0.5, 0.6) is 0 Å². The van der Waals surface area contributed by atoms with Gasteiger partial charge >= 0.3 is 24.2 Å². The molecule has 2 aromatic heterocycles. The maximum Gasteiger partial charge on any atom is 0.471 e. The monoisotopic (exact) mass is 446 g/mol. The number of alkyl halides is 6. The van der Waals surface area contributed by atoms with Crippen LogP contribution in [0.15, 0.2) is 40.8 Å². The molecule has 0 saturated carbocycles. The van der Waals surface area contributed by atoms with Crippen molar-refractivity contribution in [3.8, 4) is 11.3 Å². The van der Waals surface area contributed by atoms with Crippen molar-refractivity contribution in [2.24, 2.45) is 0 Å². The molecule has 3 rings (SSSR count). The lowest BCUT2D eigenvalue weighted by Gasteiger charge is -2.12. The van der Waals surface area contributed by atoms with Gasteiger partial charge in [-0.3, -0.25) is 4.79 Å². The van der Waals surface area contributed by atoms with Gasteiger partial charge in [-0.1, -0.05) is 30.3 Å². The van der Waals surface area contributed by atoms with E-state index in [4.69, 9.17) is 4.42 Å². The van der Waals surface area contributed by atoms with Gasteiger partial charge in [0.25, 0.3) is 0 Å². The molecule has 0 spiro atoms. The number of pyridine rings is 1. The topological polar surface area (TPSA) is 81.4 Å². The fourth-order valence-electron chi connectivity index (χ4n) is 2.72. The van der Waals surface area contributed by atoms with Gasteiger partial charge < -0.3 is 14.5 Å². The van der Waals surface area contributed by atoms with Gasteiger partial charge in [0.15, 0.2) is 0 Å². The van der Waals surface area contributed by atoms with Crippen molar-refractivity contribution in [2.45, 2.75) is 19.3 Å². The summed E-state index contributed by atoms with van der Waals surface area (Å²) in [5, 5.41) is 0.279. The third-order valence-electron chi connectivity index (χ3n) is 3.99. The Morgan fingerprint density at radius 3 is 2.29 bits per heavy atom. The van der Waals surface area contributed by atoms with Crippen LogP contribution >= 0.6 is 0 Å². The summed E-state index contributed by atoms with van der Waals surface area (Å²) >= 11 is 0. The number of rotatable bonds is 4. The van der Waals surface area contributed by atoms with E-state index in [0.29, 0.717) is 6.07 Å². The zero-order chi connectivity index (χ0) is 23.0. The molecule has 31 heavy (non-hydrogen) atoms. The van der Waals surface area contributed by atoms with Crippen LogP contribution in [0.3, 0.4) is 0 Å². The van der Waals surface area contributed by atoms with E-state index in [9.17, 15) is 35.9 Å². The quantitative estimate of drug-likeness (QED) is 0.441. The molecule has 0 atom stereocenters. The first-order chi connectivity index (χ1) is 14.4. The third kappa shape index (κ3) is 4.47. The van der Waals surface area contributed by atoms with Crippen LogP contribution < -0.4 is 5.32 Å². The Morgan fingerprint density at radius 2 is 1.74 bits per heavy atom. The predicted molar refractivity (Wildman–Crippen MR) is 95.1 cm³/mol. The van der Waals surface area contributed by atoms with Gasteiger partial charge in [0.2, 0.25) is 11.5 Å². The standard InChI is InChI=1S/C19H12F6N2O4/c1-2-30-16(28)14-13(27-17(29)19(23,24)25)12-10(18(20,21)22)8-11(26-15(12)31-14)9-6-4-3-5-7-9/h3-8H,2H2,1H3,(H,27,29). The van der Waals surface area contributed by atoms with Crippen LogP contribution in [0.25, 0.3) is 22.4 Å². The molecule has 12 heteroatoms. The van der Waals surface area contributed by atoms with Crippen LogP contribution in [0.2, 0.25) is 0 Å². The molecule has 3 aromatic rings. The molecule has 1 amide bonds. The highest BCUT2D eigenvalue weighted by atomic mass is 19.4. The summed E-state index contributed by atoms with van der Waals surface area (Å²) in [6.07, 6.45) is -10.5. The van der Waals surface area contributed by atoms with Crippen LogP contribution in [0.1, 0.15) is 23.0 Å². The number of carbonyl (C=O) groups is 2. The smallest absolute Gasteiger partial charge is 0.460 e. The third-order valence-corrected chi connectivity index (χ3v) is 3.99. The van der Waals surface area contributed by atoms with E-state index in [1.54, 1.807) is 6.07 Å². The minimum absolute atomic E-state index is 0.210. The molecule has 0 radical (unpaired) electrons. The Kier molecular flexibility index (Phi) is 5.66. The number of esters is 1. The van der Waals surface area contributed by atoms with Crippen molar-refractivity contribution >= 4 is 28.7 Å². The normalized spacial score (nSPS) is 12.1. The number of hydrogen-bond donors (Lipinski definition) is 1. The van der Waals surface area contributed by atoms with Gasteiger partial charge in [0.1, 0.15) is 5.69 Å². The van der Waals surface area contributed by atoms with E-state index in [-0.39, 0.29) is 17.9 Å². The van der Waals surface area contributed by atoms with Crippen molar-refractivity contribution in [1.29, 1.82) is 0 Å². The molecular formula is C19H12F6N2O4. The molecule has 0 aliphatic heterocycles. The SMILES string of the molecule is CCOC(=O)c1oc2nc(-c3ccccc3)cc(C(F)(F)F)c2c1NC(=O)C(F)(F)F. The van der Waals surface area contributed by atoms with Crippen molar-refractivity contribution in [3.05, 3.63) is 47.7 Å². The molecule has 0 bridgehead atoms. The molecule has 0 unspecified atom stereocenters. The highest BCUT2D eigenvalue weighted by Gasteiger charge is 2.43. The first-order valence-electron chi connectivity index (χ1n) is 8.59. The number of halogens is 6. The highest BCUT2D eigenvalue weighted by molar-refractivity contribution is 6.11. The molecule has 0 aliphatic carbocycles. The van der Waals surface area contributed by atoms with Crippen LogP contribution in [0.4, 0.5) is 32.0 Å². The van der Waals surface area contributed by atoms with Crippen molar-refractivity contribution in [2.75, 3.05) is 11.9 Å². The van der Waals surface area contributed by atoms with Gasteiger partial charge in [0, 0.05) is 5.56 Å². The number of nitrogens with zero attached hydrogens (tertiary/aromatic N) is 1. The second kappa shape index (κ2) is 7.93. The summed E-state index contributed by atoms with van der Waals surface area (Å²) in [4.78, 5) is 27.5. The van der Waals surface area contributed by atoms with E-state index in [1.165, 1.54) is 36.5 Å². The lowest BCUT2D eigenvalue weighted by atomic mass is 10.1. The van der Waals surface area contributed by atoms with E-state index in [0.717, 1.165) is 0 Å².